The summed E-state index contributed by atoms with van der Waals surface area (Å²) in [5, 5.41) is 5.40. The first-order chi connectivity index (χ1) is 7.16. The van der Waals surface area contributed by atoms with Gasteiger partial charge in [-0.2, -0.15) is 0 Å². The molecule has 0 saturated heterocycles. The lowest BCUT2D eigenvalue weighted by Gasteiger charge is -2.30. The van der Waals surface area contributed by atoms with Crippen LogP contribution in [0.1, 0.15) is 52.9 Å². The summed E-state index contributed by atoms with van der Waals surface area (Å²) in [5.74, 6) is 0. The molecule has 0 spiro atoms. The molecule has 0 aliphatic carbocycles. The largest absolute Gasteiger partial charge is 0.275 e. The maximum absolute atomic E-state index is 10.3. The Balaban J connectivity index is 0. The Bertz CT molecular complexity index is 177. The molecule has 0 bridgehead atoms. The summed E-state index contributed by atoms with van der Waals surface area (Å²) in [6, 6.07) is 0. The fourth-order valence-electron chi connectivity index (χ4n) is 1.80. The highest BCUT2D eigenvalue weighted by atomic mass is 31.1. The molecule has 0 amide bonds. The SMILES string of the molecule is CCC(CC)(CC)CCCP=O.N=C=O. The minimum Gasteiger partial charge on any atom is -0.275 e. The van der Waals surface area contributed by atoms with Crippen molar-refractivity contribution in [3.63, 3.8) is 0 Å². The fraction of sp³-hybridized carbons (Fsp3) is 0.909. The van der Waals surface area contributed by atoms with Crippen LogP contribution in [0, 0.1) is 10.8 Å². The lowest BCUT2D eigenvalue weighted by molar-refractivity contribution is 0.227. The molecule has 0 aliphatic heterocycles. The maximum Gasteiger partial charge on any atom is 0.231 e. The molecular weight excluding hydrogens is 209 g/mol. The zero-order valence-electron chi connectivity index (χ0n) is 10.0. The van der Waals surface area contributed by atoms with Crippen LogP contribution in [-0.4, -0.2) is 12.2 Å². The Morgan fingerprint density at radius 2 is 1.60 bits per heavy atom. The Hall–Kier alpha value is -0.520. The highest BCUT2D eigenvalue weighted by molar-refractivity contribution is 7.23. The van der Waals surface area contributed by atoms with Crippen LogP contribution in [0.5, 0.6) is 0 Å². The van der Waals surface area contributed by atoms with Gasteiger partial charge in [-0.3, -0.25) is 4.57 Å². The summed E-state index contributed by atoms with van der Waals surface area (Å²) in [6.45, 7) is 6.80. The lowest BCUT2D eigenvalue weighted by atomic mass is 9.76. The average Bonchev–Trinajstić information content (AvgIpc) is 2.27. The topological polar surface area (TPSA) is 58.0 Å². The molecular formula is C11H22NO2P. The van der Waals surface area contributed by atoms with Crippen LogP contribution >= 0.6 is 8.46 Å². The number of isocyanates is 1. The van der Waals surface area contributed by atoms with Gasteiger partial charge < -0.3 is 0 Å². The van der Waals surface area contributed by atoms with Gasteiger partial charge in [0.1, 0.15) is 0 Å². The van der Waals surface area contributed by atoms with E-state index in [1.54, 1.807) is 0 Å². The number of nitrogens with one attached hydrogen (secondary N) is 1. The van der Waals surface area contributed by atoms with Crippen molar-refractivity contribution in [3.8, 4) is 0 Å². The van der Waals surface area contributed by atoms with Crippen molar-refractivity contribution >= 4 is 14.5 Å². The molecule has 0 aromatic heterocycles. The quantitative estimate of drug-likeness (QED) is 0.309. The van der Waals surface area contributed by atoms with E-state index in [1.165, 1.54) is 25.7 Å². The van der Waals surface area contributed by atoms with E-state index in [1.807, 2.05) is 0 Å². The van der Waals surface area contributed by atoms with E-state index in [9.17, 15) is 4.57 Å². The molecule has 1 N–H and O–H groups in total. The van der Waals surface area contributed by atoms with Crippen molar-refractivity contribution in [1.29, 1.82) is 5.41 Å². The molecule has 88 valence electrons. The first-order valence-electron chi connectivity index (χ1n) is 5.49. The Morgan fingerprint density at radius 1 is 1.20 bits per heavy atom. The lowest BCUT2D eigenvalue weighted by Crippen LogP contribution is -2.17. The molecule has 0 heterocycles. The van der Waals surface area contributed by atoms with Gasteiger partial charge in [0.2, 0.25) is 6.08 Å². The summed E-state index contributed by atoms with van der Waals surface area (Å²) in [6.07, 6.45) is 7.72. The summed E-state index contributed by atoms with van der Waals surface area (Å²) in [4.78, 5) is 8.35. The van der Waals surface area contributed by atoms with E-state index in [4.69, 9.17) is 10.2 Å². The Kier molecular flexibility index (Phi) is 13.0. The zero-order chi connectivity index (χ0) is 12.2. The van der Waals surface area contributed by atoms with E-state index in [0.29, 0.717) is 13.9 Å². The zero-order valence-corrected chi connectivity index (χ0v) is 10.9. The van der Waals surface area contributed by atoms with E-state index < -0.39 is 0 Å². The van der Waals surface area contributed by atoms with E-state index in [-0.39, 0.29) is 0 Å². The minimum absolute atomic E-state index is 0.311. The van der Waals surface area contributed by atoms with Gasteiger partial charge in [-0.05, 0) is 18.3 Å². The normalized spacial score (nSPS) is 10.3. The molecule has 0 radical (unpaired) electrons. The van der Waals surface area contributed by atoms with Crippen molar-refractivity contribution < 1.29 is 9.36 Å². The van der Waals surface area contributed by atoms with Gasteiger partial charge in [0.05, 0.1) is 0 Å². The predicted molar refractivity (Wildman–Crippen MR) is 63.4 cm³/mol. The highest BCUT2D eigenvalue weighted by Crippen LogP contribution is 2.35. The van der Waals surface area contributed by atoms with E-state index >= 15 is 0 Å². The second-order valence-electron chi connectivity index (χ2n) is 3.62. The minimum atomic E-state index is 0.311. The summed E-state index contributed by atoms with van der Waals surface area (Å²) >= 11 is 0. The van der Waals surface area contributed by atoms with Crippen molar-refractivity contribution in [1.82, 2.24) is 0 Å². The molecule has 0 aromatic carbocycles. The average molecular weight is 231 g/mol. The summed E-state index contributed by atoms with van der Waals surface area (Å²) < 4.78 is 10.3. The van der Waals surface area contributed by atoms with Gasteiger partial charge in [-0.1, -0.05) is 40.0 Å². The molecule has 0 rings (SSSR count). The van der Waals surface area contributed by atoms with Crippen molar-refractivity contribution in [2.24, 2.45) is 5.41 Å². The van der Waals surface area contributed by atoms with Crippen LogP contribution in [0.25, 0.3) is 0 Å². The molecule has 0 aromatic rings. The Morgan fingerprint density at radius 3 is 1.87 bits per heavy atom. The van der Waals surface area contributed by atoms with Crippen LogP contribution in [-0.2, 0) is 9.36 Å². The molecule has 0 fully saturated rings. The van der Waals surface area contributed by atoms with Gasteiger partial charge >= 0.3 is 0 Å². The van der Waals surface area contributed by atoms with Crippen LogP contribution in [0.4, 0.5) is 0 Å². The standard InChI is InChI=1S/C10H21OP.CHNO/c1-4-10(5-2,6-3)8-7-9-12-11;2-1-3/h4-9H2,1-3H3;2H. The molecule has 0 aliphatic rings. The first kappa shape index (κ1) is 16.9. The molecule has 0 unspecified atom stereocenters. The summed E-state index contributed by atoms with van der Waals surface area (Å²) in [7, 11) is 0.311. The second kappa shape index (κ2) is 11.6. The molecule has 15 heavy (non-hydrogen) atoms. The van der Waals surface area contributed by atoms with Crippen LogP contribution in [0.3, 0.4) is 0 Å². The van der Waals surface area contributed by atoms with Gasteiger partial charge in [0, 0.05) is 6.16 Å². The van der Waals surface area contributed by atoms with Crippen molar-refractivity contribution in [3.05, 3.63) is 0 Å². The van der Waals surface area contributed by atoms with Gasteiger partial charge in [-0.15, -0.1) is 0 Å². The van der Waals surface area contributed by atoms with Gasteiger partial charge in [0.15, 0.2) is 8.46 Å². The van der Waals surface area contributed by atoms with Crippen LogP contribution < -0.4 is 0 Å². The molecule has 4 heteroatoms. The monoisotopic (exact) mass is 231 g/mol. The van der Waals surface area contributed by atoms with Gasteiger partial charge in [0.25, 0.3) is 0 Å². The summed E-state index contributed by atoms with van der Waals surface area (Å²) in [5.41, 5.74) is 0.532. The smallest absolute Gasteiger partial charge is 0.231 e. The van der Waals surface area contributed by atoms with Crippen molar-refractivity contribution in [2.75, 3.05) is 6.16 Å². The second-order valence-corrected chi connectivity index (χ2v) is 4.32. The first-order valence-corrected chi connectivity index (χ1v) is 6.49. The third kappa shape index (κ3) is 8.47. The fourth-order valence-corrected chi connectivity index (χ4v) is 2.09. The molecule has 0 saturated carbocycles. The van der Waals surface area contributed by atoms with E-state index in [0.717, 1.165) is 18.7 Å². The third-order valence-corrected chi connectivity index (χ3v) is 3.71. The molecule has 0 atom stereocenters. The number of rotatable bonds is 7. The predicted octanol–water partition coefficient (Wildman–Crippen LogP) is 4.18. The van der Waals surface area contributed by atoms with Crippen molar-refractivity contribution in [2.45, 2.75) is 52.9 Å². The Labute approximate surface area is 94.4 Å². The molecule has 3 nitrogen and oxygen atoms in total. The van der Waals surface area contributed by atoms with Crippen LogP contribution in [0.15, 0.2) is 0 Å². The number of hydrogen-bond acceptors (Lipinski definition) is 3. The number of carbonyl (C=O) groups excluding carboxylic acids is 1. The maximum atomic E-state index is 10.3. The van der Waals surface area contributed by atoms with Gasteiger partial charge in [-0.25, -0.2) is 10.2 Å². The van der Waals surface area contributed by atoms with Crippen LogP contribution in [0.2, 0.25) is 0 Å². The number of hydrogen-bond donors (Lipinski definition) is 1. The highest BCUT2D eigenvalue weighted by Gasteiger charge is 2.22. The third-order valence-electron chi connectivity index (χ3n) is 3.21. The van der Waals surface area contributed by atoms with E-state index in [2.05, 4.69) is 20.8 Å².